The minimum Gasteiger partial charge on any atom is -0.394 e. The third-order valence-electron chi connectivity index (χ3n) is 1.53. The van der Waals surface area contributed by atoms with Gasteiger partial charge in [-0.25, -0.2) is 0 Å². The van der Waals surface area contributed by atoms with Crippen molar-refractivity contribution in [1.82, 2.24) is 5.32 Å². The lowest BCUT2D eigenvalue weighted by Crippen LogP contribution is -2.05. The Bertz CT molecular complexity index is 150. The van der Waals surface area contributed by atoms with E-state index in [-0.39, 0.29) is 5.78 Å². The van der Waals surface area contributed by atoms with Gasteiger partial charge in [0, 0.05) is 25.2 Å². The van der Waals surface area contributed by atoms with Crippen LogP contribution in [0.4, 0.5) is 0 Å². The summed E-state index contributed by atoms with van der Waals surface area (Å²) >= 11 is 0. The number of Topliss-reactive ketones (excluding diaryl/α,β-unsaturated/α-hetero) is 1. The molecule has 64 valence electrons. The van der Waals surface area contributed by atoms with Crippen molar-refractivity contribution in [2.75, 3.05) is 7.05 Å². The van der Waals surface area contributed by atoms with Crippen molar-refractivity contribution < 1.29 is 4.79 Å². The summed E-state index contributed by atoms with van der Waals surface area (Å²) in [5.41, 5.74) is 0.898. The predicted octanol–water partition coefficient (Wildman–Crippen LogP) is 1.87. The smallest absolute Gasteiger partial charge is 0.160 e. The molecule has 0 unspecified atom stereocenters. The van der Waals surface area contributed by atoms with Crippen LogP contribution in [0.2, 0.25) is 0 Å². The molecule has 0 radical (unpaired) electrons. The normalized spacial score (nSPS) is 11.4. The monoisotopic (exact) mass is 155 g/mol. The second-order valence-electron chi connectivity index (χ2n) is 2.48. The maximum absolute atomic E-state index is 11.3. The number of hydrogen-bond acceptors (Lipinski definition) is 2. The van der Waals surface area contributed by atoms with Crippen molar-refractivity contribution in [2.45, 2.75) is 33.1 Å². The van der Waals surface area contributed by atoms with E-state index >= 15 is 0 Å². The fraction of sp³-hybridized carbons (Fsp3) is 0.667. The average Bonchev–Trinajstić information content (AvgIpc) is 2.00. The van der Waals surface area contributed by atoms with Gasteiger partial charge in [0.15, 0.2) is 5.78 Å². The molecule has 0 aliphatic rings. The molecule has 0 spiro atoms. The fourth-order valence-electron chi connectivity index (χ4n) is 0.942. The van der Waals surface area contributed by atoms with E-state index in [9.17, 15) is 4.79 Å². The van der Waals surface area contributed by atoms with Crippen LogP contribution < -0.4 is 5.32 Å². The van der Waals surface area contributed by atoms with E-state index in [4.69, 9.17) is 0 Å². The van der Waals surface area contributed by atoms with Crippen molar-refractivity contribution in [2.24, 2.45) is 0 Å². The number of carbonyl (C=O) groups excluding carboxylic acids is 1. The van der Waals surface area contributed by atoms with Gasteiger partial charge >= 0.3 is 0 Å². The first-order valence-electron chi connectivity index (χ1n) is 4.15. The zero-order valence-corrected chi connectivity index (χ0v) is 7.61. The Kier molecular flexibility index (Phi) is 5.53. The Labute approximate surface area is 68.7 Å². The number of rotatable bonds is 5. The summed E-state index contributed by atoms with van der Waals surface area (Å²) in [5.74, 6) is 0.268. The topological polar surface area (TPSA) is 29.1 Å². The van der Waals surface area contributed by atoms with Crippen LogP contribution >= 0.6 is 0 Å². The molecular formula is C9H17NO. The van der Waals surface area contributed by atoms with Gasteiger partial charge in [0.25, 0.3) is 0 Å². The van der Waals surface area contributed by atoms with Gasteiger partial charge in [0.1, 0.15) is 0 Å². The molecule has 0 atom stereocenters. The van der Waals surface area contributed by atoms with Gasteiger partial charge in [-0.2, -0.15) is 0 Å². The highest BCUT2D eigenvalue weighted by Gasteiger charge is 2.04. The molecule has 0 rings (SSSR count). The Morgan fingerprint density at radius 2 is 2.09 bits per heavy atom. The number of carbonyl (C=O) groups is 1. The van der Waals surface area contributed by atoms with Gasteiger partial charge in [-0.1, -0.05) is 13.8 Å². The first-order chi connectivity index (χ1) is 5.26. The van der Waals surface area contributed by atoms with Gasteiger partial charge in [-0.15, -0.1) is 0 Å². The quantitative estimate of drug-likeness (QED) is 0.614. The minimum absolute atomic E-state index is 0.268. The van der Waals surface area contributed by atoms with Crippen molar-refractivity contribution in [3.63, 3.8) is 0 Å². The van der Waals surface area contributed by atoms with Crippen LogP contribution in [0, 0.1) is 0 Å². The van der Waals surface area contributed by atoms with E-state index in [1.807, 2.05) is 20.9 Å². The highest BCUT2D eigenvalue weighted by molar-refractivity contribution is 5.95. The van der Waals surface area contributed by atoms with Crippen LogP contribution in [-0.2, 0) is 4.79 Å². The maximum Gasteiger partial charge on any atom is 0.160 e. The second kappa shape index (κ2) is 5.96. The van der Waals surface area contributed by atoms with Gasteiger partial charge in [-0.05, 0) is 12.8 Å². The molecule has 0 amide bonds. The highest BCUT2D eigenvalue weighted by atomic mass is 16.1. The van der Waals surface area contributed by atoms with Gasteiger partial charge < -0.3 is 5.32 Å². The molecule has 0 aromatic carbocycles. The van der Waals surface area contributed by atoms with Crippen LogP contribution in [0.3, 0.4) is 0 Å². The van der Waals surface area contributed by atoms with Crippen LogP contribution in [-0.4, -0.2) is 12.8 Å². The summed E-state index contributed by atoms with van der Waals surface area (Å²) in [5, 5.41) is 2.88. The zero-order valence-electron chi connectivity index (χ0n) is 7.61. The van der Waals surface area contributed by atoms with Crippen molar-refractivity contribution in [3.05, 3.63) is 11.8 Å². The van der Waals surface area contributed by atoms with Crippen LogP contribution in [0.5, 0.6) is 0 Å². The van der Waals surface area contributed by atoms with Crippen molar-refractivity contribution in [3.8, 4) is 0 Å². The lowest BCUT2D eigenvalue weighted by atomic mass is 10.1. The summed E-state index contributed by atoms with van der Waals surface area (Å²) in [7, 11) is 1.81. The molecule has 0 aliphatic heterocycles. The van der Waals surface area contributed by atoms with E-state index in [0.29, 0.717) is 6.42 Å². The summed E-state index contributed by atoms with van der Waals surface area (Å²) in [6, 6.07) is 0. The first-order valence-corrected chi connectivity index (χ1v) is 4.15. The Hall–Kier alpha value is -0.790. The second-order valence-corrected chi connectivity index (χ2v) is 2.48. The summed E-state index contributed by atoms with van der Waals surface area (Å²) < 4.78 is 0. The minimum atomic E-state index is 0.268. The Balaban J connectivity index is 4.03. The molecule has 0 aromatic rings. The first kappa shape index (κ1) is 10.2. The molecule has 0 saturated carbocycles. The van der Waals surface area contributed by atoms with Gasteiger partial charge in [0.2, 0.25) is 0 Å². The molecule has 2 nitrogen and oxygen atoms in total. The Morgan fingerprint density at radius 3 is 2.45 bits per heavy atom. The van der Waals surface area contributed by atoms with E-state index in [1.165, 1.54) is 0 Å². The fourth-order valence-corrected chi connectivity index (χ4v) is 0.942. The lowest BCUT2D eigenvalue weighted by Gasteiger charge is -2.01. The molecule has 0 saturated heterocycles. The van der Waals surface area contributed by atoms with Crippen LogP contribution in [0.25, 0.3) is 0 Å². The Morgan fingerprint density at radius 1 is 1.45 bits per heavy atom. The molecule has 11 heavy (non-hydrogen) atoms. The molecule has 0 aliphatic carbocycles. The van der Waals surface area contributed by atoms with E-state index in [1.54, 1.807) is 6.20 Å². The number of nitrogens with one attached hydrogen (secondary N) is 1. The standard InChI is InChI=1S/C9H17NO/c1-4-6-9(11)8(5-2)7-10-3/h7,10H,4-6H2,1-3H3. The summed E-state index contributed by atoms with van der Waals surface area (Å²) in [6.45, 7) is 4.02. The summed E-state index contributed by atoms with van der Waals surface area (Å²) in [6.07, 6.45) is 4.21. The number of ketones is 1. The predicted molar refractivity (Wildman–Crippen MR) is 47.3 cm³/mol. The molecule has 0 bridgehead atoms. The molecule has 1 N–H and O–H groups in total. The molecule has 0 aromatic heterocycles. The summed E-state index contributed by atoms with van der Waals surface area (Å²) in [4.78, 5) is 11.3. The number of hydrogen-bond donors (Lipinski definition) is 1. The SMILES string of the molecule is CCCC(=O)C(=CNC)CC. The van der Waals surface area contributed by atoms with Crippen molar-refractivity contribution >= 4 is 5.78 Å². The average molecular weight is 155 g/mol. The maximum atomic E-state index is 11.3. The van der Waals surface area contributed by atoms with E-state index < -0.39 is 0 Å². The highest BCUT2D eigenvalue weighted by Crippen LogP contribution is 2.05. The largest absolute Gasteiger partial charge is 0.394 e. The third kappa shape index (κ3) is 3.81. The van der Waals surface area contributed by atoms with Gasteiger partial charge in [0.05, 0.1) is 0 Å². The van der Waals surface area contributed by atoms with E-state index in [0.717, 1.165) is 18.4 Å². The molecule has 2 heteroatoms. The van der Waals surface area contributed by atoms with Crippen LogP contribution in [0.15, 0.2) is 11.8 Å². The van der Waals surface area contributed by atoms with Crippen molar-refractivity contribution in [1.29, 1.82) is 0 Å². The van der Waals surface area contributed by atoms with Gasteiger partial charge in [-0.3, -0.25) is 4.79 Å². The molecule has 0 fully saturated rings. The van der Waals surface area contributed by atoms with E-state index in [2.05, 4.69) is 5.32 Å². The third-order valence-corrected chi connectivity index (χ3v) is 1.53. The lowest BCUT2D eigenvalue weighted by molar-refractivity contribution is -0.115. The molecular weight excluding hydrogens is 138 g/mol. The molecule has 0 heterocycles. The zero-order chi connectivity index (χ0) is 8.69. The number of allylic oxidation sites excluding steroid dienone is 1. The van der Waals surface area contributed by atoms with Crippen LogP contribution in [0.1, 0.15) is 33.1 Å².